The standard InChI is InChI=1S/C18H23N2/c1-3-20(4-2)18(15-19,16-11-7-5-8-12-16)17-13-9-6-10-14-17/h5-14,19H,3-4,15H2,1-2H3. The maximum Gasteiger partial charge on any atom is 0.0856 e. The fourth-order valence-corrected chi connectivity index (χ4v) is 3.04. The van der Waals surface area contributed by atoms with E-state index in [1.807, 2.05) is 12.1 Å². The fourth-order valence-electron chi connectivity index (χ4n) is 3.04. The number of rotatable bonds is 6. The van der Waals surface area contributed by atoms with Gasteiger partial charge in [0, 0.05) is 6.54 Å². The molecule has 0 aromatic heterocycles. The highest BCUT2D eigenvalue weighted by Gasteiger charge is 2.37. The monoisotopic (exact) mass is 267 g/mol. The Balaban J connectivity index is 2.64. The number of nitrogens with zero attached hydrogens (tertiary/aromatic N) is 1. The molecule has 105 valence electrons. The smallest absolute Gasteiger partial charge is 0.0856 e. The Labute approximate surface area is 122 Å². The van der Waals surface area contributed by atoms with Crippen molar-refractivity contribution in [3.8, 4) is 0 Å². The van der Waals surface area contributed by atoms with Crippen LogP contribution in [0, 0.1) is 0 Å². The zero-order valence-corrected chi connectivity index (χ0v) is 12.3. The van der Waals surface area contributed by atoms with E-state index >= 15 is 0 Å². The molecule has 2 aromatic rings. The highest BCUT2D eigenvalue weighted by atomic mass is 15.2. The minimum atomic E-state index is -0.355. The van der Waals surface area contributed by atoms with Crippen LogP contribution in [0.3, 0.4) is 0 Å². The zero-order valence-electron chi connectivity index (χ0n) is 12.3. The summed E-state index contributed by atoms with van der Waals surface area (Å²) in [5.74, 6) is 0. The first kappa shape index (κ1) is 14.8. The fraction of sp³-hybridized carbons (Fsp3) is 0.333. The van der Waals surface area contributed by atoms with E-state index in [0.717, 1.165) is 13.1 Å². The predicted molar refractivity (Wildman–Crippen MR) is 84.5 cm³/mol. The molecule has 1 N–H and O–H groups in total. The lowest BCUT2D eigenvalue weighted by Crippen LogP contribution is -2.50. The normalized spacial score (nSPS) is 11.8. The minimum Gasteiger partial charge on any atom is -0.289 e. The van der Waals surface area contributed by atoms with Crippen LogP contribution in [0.4, 0.5) is 0 Å². The molecule has 0 amide bonds. The average molecular weight is 267 g/mol. The quantitative estimate of drug-likeness (QED) is 0.786. The highest BCUT2D eigenvalue weighted by Crippen LogP contribution is 2.35. The number of hydrogen-bond acceptors (Lipinski definition) is 1. The summed E-state index contributed by atoms with van der Waals surface area (Å²) in [4.78, 5) is 2.38. The maximum atomic E-state index is 8.28. The summed E-state index contributed by atoms with van der Waals surface area (Å²) in [5.41, 5.74) is 10.3. The number of hydrogen-bond donors (Lipinski definition) is 0. The van der Waals surface area contributed by atoms with Gasteiger partial charge in [-0.2, -0.15) is 0 Å². The van der Waals surface area contributed by atoms with Crippen LogP contribution in [0.2, 0.25) is 0 Å². The van der Waals surface area contributed by atoms with Gasteiger partial charge in [0.2, 0.25) is 0 Å². The summed E-state index contributed by atoms with van der Waals surface area (Å²) in [6.45, 7) is 6.51. The van der Waals surface area contributed by atoms with Crippen LogP contribution in [0.5, 0.6) is 0 Å². The molecule has 0 atom stereocenters. The SMILES string of the molecule is CCN(CC)C(C[NH])(c1ccccc1)c1ccccc1. The van der Waals surface area contributed by atoms with Crippen LogP contribution in [-0.2, 0) is 5.54 Å². The van der Waals surface area contributed by atoms with Gasteiger partial charge in [-0.1, -0.05) is 74.5 Å². The van der Waals surface area contributed by atoms with Crippen molar-refractivity contribution in [2.24, 2.45) is 0 Å². The third-order valence-electron chi connectivity index (χ3n) is 4.06. The van der Waals surface area contributed by atoms with Crippen LogP contribution in [-0.4, -0.2) is 24.5 Å². The van der Waals surface area contributed by atoms with Gasteiger partial charge in [-0.3, -0.25) is 10.6 Å². The molecule has 20 heavy (non-hydrogen) atoms. The van der Waals surface area contributed by atoms with E-state index in [1.165, 1.54) is 11.1 Å². The van der Waals surface area contributed by atoms with Crippen molar-refractivity contribution in [2.45, 2.75) is 19.4 Å². The molecule has 0 bridgehead atoms. The molecule has 2 nitrogen and oxygen atoms in total. The Bertz CT molecular complexity index is 464. The van der Waals surface area contributed by atoms with Gasteiger partial charge in [0.15, 0.2) is 0 Å². The van der Waals surface area contributed by atoms with E-state index in [1.54, 1.807) is 0 Å². The predicted octanol–water partition coefficient (Wildman–Crippen LogP) is 3.55. The van der Waals surface area contributed by atoms with Crippen molar-refractivity contribution >= 4 is 0 Å². The van der Waals surface area contributed by atoms with Crippen molar-refractivity contribution in [1.82, 2.24) is 10.6 Å². The van der Waals surface area contributed by atoms with Crippen molar-refractivity contribution in [2.75, 3.05) is 19.6 Å². The van der Waals surface area contributed by atoms with Crippen molar-refractivity contribution in [3.05, 3.63) is 71.8 Å². The first-order chi connectivity index (χ1) is 9.79. The number of benzene rings is 2. The lowest BCUT2D eigenvalue weighted by Gasteiger charge is -2.43. The van der Waals surface area contributed by atoms with E-state index in [4.69, 9.17) is 5.73 Å². The van der Waals surface area contributed by atoms with Crippen LogP contribution in [0.1, 0.15) is 25.0 Å². The topological polar surface area (TPSA) is 27.0 Å². The minimum absolute atomic E-state index is 0.322. The molecule has 0 aliphatic carbocycles. The lowest BCUT2D eigenvalue weighted by atomic mass is 9.81. The second kappa shape index (κ2) is 6.69. The van der Waals surface area contributed by atoms with Gasteiger partial charge in [0.05, 0.1) is 5.54 Å². The van der Waals surface area contributed by atoms with Crippen molar-refractivity contribution in [3.63, 3.8) is 0 Å². The summed E-state index contributed by atoms with van der Waals surface area (Å²) < 4.78 is 0. The lowest BCUT2D eigenvalue weighted by molar-refractivity contribution is 0.142. The van der Waals surface area contributed by atoms with Gasteiger partial charge in [-0.25, -0.2) is 0 Å². The molecule has 2 heteroatoms. The van der Waals surface area contributed by atoms with Gasteiger partial charge < -0.3 is 0 Å². The molecule has 0 spiro atoms. The molecule has 0 saturated heterocycles. The zero-order chi connectivity index (χ0) is 14.4. The molecule has 0 unspecified atom stereocenters. The third-order valence-corrected chi connectivity index (χ3v) is 4.06. The van der Waals surface area contributed by atoms with E-state index in [2.05, 4.69) is 67.3 Å². The molecule has 0 fully saturated rings. The van der Waals surface area contributed by atoms with E-state index < -0.39 is 0 Å². The first-order valence-electron chi connectivity index (χ1n) is 7.30. The second-order valence-corrected chi connectivity index (χ2v) is 4.94. The highest BCUT2D eigenvalue weighted by molar-refractivity contribution is 5.39. The average Bonchev–Trinajstić information content (AvgIpc) is 2.54. The molecule has 0 aliphatic rings. The first-order valence-corrected chi connectivity index (χ1v) is 7.30. The van der Waals surface area contributed by atoms with Crippen LogP contribution in [0.25, 0.3) is 0 Å². The molecule has 2 rings (SSSR count). The Morgan fingerprint density at radius 3 is 1.50 bits per heavy atom. The Morgan fingerprint density at radius 2 is 1.20 bits per heavy atom. The Kier molecular flexibility index (Phi) is 4.94. The third kappa shape index (κ3) is 2.49. The Hall–Kier alpha value is -1.64. The molecule has 2 aromatic carbocycles. The molecular formula is C18H23N2. The molecule has 0 heterocycles. The van der Waals surface area contributed by atoms with Gasteiger partial charge in [0.25, 0.3) is 0 Å². The van der Waals surface area contributed by atoms with E-state index in [0.29, 0.717) is 6.54 Å². The molecule has 0 saturated carbocycles. The van der Waals surface area contributed by atoms with Crippen LogP contribution < -0.4 is 5.73 Å². The van der Waals surface area contributed by atoms with Gasteiger partial charge >= 0.3 is 0 Å². The summed E-state index contributed by atoms with van der Waals surface area (Å²) in [6, 6.07) is 20.9. The molecular weight excluding hydrogens is 244 g/mol. The van der Waals surface area contributed by atoms with E-state index in [9.17, 15) is 0 Å². The number of nitrogens with one attached hydrogen (secondary N) is 1. The summed E-state index contributed by atoms with van der Waals surface area (Å²) >= 11 is 0. The molecule has 1 radical (unpaired) electrons. The van der Waals surface area contributed by atoms with Crippen LogP contribution in [0.15, 0.2) is 60.7 Å². The largest absolute Gasteiger partial charge is 0.289 e. The van der Waals surface area contributed by atoms with Gasteiger partial charge in [0.1, 0.15) is 0 Å². The Morgan fingerprint density at radius 1 is 0.800 bits per heavy atom. The van der Waals surface area contributed by atoms with Crippen LogP contribution >= 0.6 is 0 Å². The van der Waals surface area contributed by atoms with Gasteiger partial charge in [-0.15, -0.1) is 0 Å². The van der Waals surface area contributed by atoms with Crippen molar-refractivity contribution in [1.29, 1.82) is 0 Å². The molecule has 0 aliphatic heterocycles. The summed E-state index contributed by atoms with van der Waals surface area (Å²) in [7, 11) is 0. The summed E-state index contributed by atoms with van der Waals surface area (Å²) in [6.07, 6.45) is 0. The summed E-state index contributed by atoms with van der Waals surface area (Å²) in [5, 5.41) is 0. The van der Waals surface area contributed by atoms with Crippen molar-refractivity contribution < 1.29 is 0 Å². The second-order valence-electron chi connectivity index (χ2n) is 4.94. The van der Waals surface area contributed by atoms with E-state index in [-0.39, 0.29) is 5.54 Å². The number of likely N-dealkylation sites (N-methyl/N-ethyl adjacent to an activating group) is 1. The maximum absolute atomic E-state index is 8.28. The van der Waals surface area contributed by atoms with Gasteiger partial charge in [-0.05, 0) is 24.2 Å².